The van der Waals surface area contributed by atoms with Gasteiger partial charge in [-0.1, -0.05) is 31.0 Å². The van der Waals surface area contributed by atoms with Crippen LogP contribution < -0.4 is 4.90 Å². The number of carbonyl (C=O) groups is 2. The first-order valence-electron chi connectivity index (χ1n) is 9.89. The molecule has 4 rings (SSSR count). The molecule has 1 saturated heterocycles. The molecule has 1 aromatic heterocycles. The topological polar surface area (TPSA) is 53.5 Å². The number of aromatic nitrogens is 1. The van der Waals surface area contributed by atoms with Crippen LogP contribution in [0.1, 0.15) is 58.5 Å². The van der Waals surface area contributed by atoms with Crippen molar-refractivity contribution in [2.24, 2.45) is 0 Å². The van der Waals surface area contributed by atoms with Gasteiger partial charge in [0, 0.05) is 37.1 Å². The Balaban J connectivity index is 1.57. The van der Waals surface area contributed by atoms with Crippen molar-refractivity contribution in [2.75, 3.05) is 24.5 Å². The number of anilines is 1. The molecule has 2 aliphatic rings. The molecule has 0 saturated carbocycles. The largest absolute Gasteiger partial charge is 0.339 e. The lowest BCUT2D eigenvalue weighted by atomic mass is 10.0. The number of fused-ring (bicyclic) bond motifs is 1. The summed E-state index contributed by atoms with van der Waals surface area (Å²) in [6, 6.07) is 11.4. The molecule has 1 fully saturated rings. The van der Waals surface area contributed by atoms with Gasteiger partial charge in [0.15, 0.2) is 0 Å². The van der Waals surface area contributed by atoms with Gasteiger partial charge in [-0.2, -0.15) is 0 Å². The molecule has 2 aliphatic heterocycles. The number of benzene rings is 1. The highest BCUT2D eigenvalue weighted by molar-refractivity contribution is 6.07. The summed E-state index contributed by atoms with van der Waals surface area (Å²) in [5, 5.41) is 0. The van der Waals surface area contributed by atoms with Crippen molar-refractivity contribution in [2.45, 2.75) is 38.5 Å². The standard InChI is InChI=1S/C22H25N3O2/c26-21(24-13-5-1-2-6-14-24)18-11-12-23-19(16-18)22(27)25-15-7-9-17-8-3-4-10-20(17)25/h3-4,8,10-12,16H,1-2,5-7,9,13-15H2. The maximum Gasteiger partial charge on any atom is 0.276 e. The molecule has 0 spiro atoms. The van der Waals surface area contributed by atoms with Gasteiger partial charge in [0.1, 0.15) is 5.69 Å². The molecule has 0 radical (unpaired) electrons. The monoisotopic (exact) mass is 363 g/mol. The zero-order chi connectivity index (χ0) is 18.6. The molecule has 0 atom stereocenters. The van der Waals surface area contributed by atoms with E-state index >= 15 is 0 Å². The summed E-state index contributed by atoms with van der Waals surface area (Å²) in [4.78, 5) is 34.0. The zero-order valence-electron chi connectivity index (χ0n) is 15.6. The van der Waals surface area contributed by atoms with Gasteiger partial charge in [-0.05, 0) is 49.4 Å². The lowest BCUT2D eigenvalue weighted by Crippen LogP contribution is -2.36. The SMILES string of the molecule is O=C(c1ccnc(C(=O)N2CCCc3ccccc32)c1)N1CCCCCC1. The molecule has 0 bridgehead atoms. The molecule has 1 aromatic carbocycles. The minimum absolute atomic E-state index is 0.00685. The van der Waals surface area contributed by atoms with Crippen LogP contribution in [0, 0.1) is 0 Å². The van der Waals surface area contributed by atoms with Crippen molar-refractivity contribution < 1.29 is 9.59 Å². The number of carbonyl (C=O) groups excluding carboxylic acids is 2. The van der Waals surface area contributed by atoms with Crippen LogP contribution in [0.3, 0.4) is 0 Å². The van der Waals surface area contributed by atoms with Gasteiger partial charge in [-0.15, -0.1) is 0 Å². The lowest BCUT2D eigenvalue weighted by molar-refractivity contribution is 0.0761. The Kier molecular flexibility index (Phi) is 5.19. The highest BCUT2D eigenvalue weighted by atomic mass is 16.2. The van der Waals surface area contributed by atoms with Gasteiger partial charge in [-0.25, -0.2) is 0 Å². The summed E-state index contributed by atoms with van der Waals surface area (Å²) in [5.74, 6) is -0.125. The van der Waals surface area contributed by atoms with Crippen LogP contribution in [-0.4, -0.2) is 41.3 Å². The Morgan fingerprint density at radius 1 is 0.852 bits per heavy atom. The fourth-order valence-corrected chi connectivity index (χ4v) is 4.02. The number of para-hydroxylation sites is 1. The van der Waals surface area contributed by atoms with Crippen LogP contribution >= 0.6 is 0 Å². The predicted octanol–water partition coefficient (Wildman–Crippen LogP) is 3.69. The Morgan fingerprint density at radius 2 is 1.63 bits per heavy atom. The fourth-order valence-electron chi connectivity index (χ4n) is 4.02. The van der Waals surface area contributed by atoms with E-state index < -0.39 is 0 Å². The zero-order valence-corrected chi connectivity index (χ0v) is 15.6. The Hall–Kier alpha value is -2.69. The third kappa shape index (κ3) is 3.72. The van der Waals surface area contributed by atoms with Gasteiger partial charge in [0.25, 0.3) is 11.8 Å². The van der Waals surface area contributed by atoms with Crippen LogP contribution in [0.5, 0.6) is 0 Å². The molecule has 0 aliphatic carbocycles. The second kappa shape index (κ2) is 7.91. The number of aryl methyl sites for hydroxylation is 1. The number of amides is 2. The number of hydrogen-bond donors (Lipinski definition) is 0. The van der Waals surface area contributed by atoms with Gasteiger partial charge >= 0.3 is 0 Å². The van der Waals surface area contributed by atoms with Crippen LogP contribution in [0.2, 0.25) is 0 Å². The van der Waals surface area contributed by atoms with Crippen molar-refractivity contribution in [1.29, 1.82) is 0 Å². The van der Waals surface area contributed by atoms with Crippen molar-refractivity contribution in [3.63, 3.8) is 0 Å². The van der Waals surface area contributed by atoms with E-state index in [9.17, 15) is 9.59 Å². The van der Waals surface area contributed by atoms with Gasteiger partial charge in [0.2, 0.25) is 0 Å². The Bertz CT molecular complexity index is 841. The maximum atomic E-state index is 13.1. The molecule has 27 heavy (non-hydrogen) atoms. The molecule has 140 valence electrons. The third-order valence-corrected chi connectivity index (χ3v) is 5.47. The number of pyridine rings is 1. The summed E-state index contributed by atoms with van der Waals surface area (Å²) in [7, 11) is 0. The number of hydrogen-bond acceptors (Lipinski definition) is 3. The molecule has 0 N–H and O–H groups in total. The lowest BCUT2D eigenvalue weighted by Gasteiger charge is -2.29. The summed E-state index contributed by atoms with van der Waals surface area (Å²) >= 11 is 0. The molecule has 2 aromatic rings. The van der Waals surface area contributed by atoms with E-state index in [0.717, 1.165) is 44.5 Å². The second-order valence-corrected chi connectivity index (χ2v) is 7.33. The number of likely N-dealkylation sites (tertiary alicyclic amines) is 1. The third-order valence-electron chi connectivity index (χ3n) is 5.47. The minimum Gasteiger partial charge on any atom is -0.339 e. The average molecular weight is 363 g/mol. The first kappa shape index (κ1) is 17.7. The highest BCUT2D eigenvalue weighted by Gasteiger charge is 2.25. The molecular weight excluding hydrogens is 338 g/mol. The molecule has 2 amide bonds. The summed E-state index contributed by atoms with van der Waals surface area (Å²) in [6.45, 7) is 2.27. The van der Waals surface area contributed by atoms with Gasteiger partial charge in [0.05, 0.1) is 0 Å². The molecule has 3 heterocycles. The minimum atomic E-state index is -0.132. The summed E-state index contributed by atoms with van der Waals surface area (Å²) < 4.78 is 0. The van der Waals surface area contributed by atoms with E-state index in [1.54, 1.807) is 23.2 Å². The van der Waals surface area contributed by atoms with Crippen LogP contribution in [0.15, 0.2) is 42.6 Å². The molecule has 5 nitrogen and oxygen atoms in total. The first-order valence-corrected chi connectivity index (χ1v) is 9.89. The first-order chi connectivity index (χ1) is 13.2. The normalized spacial score (nSPS) is 17.2. The quantitative estimate of drug-likeness (QED) is 0.818. The predicted molar refractivity (Wildman–Crippen MR) is 105 cm³/mol. The Morgan fingerprint density at radius 3 is 2.44 bits per heavy atom. The average Bonchev–Trinajstić information content (AvgIpc) is 3.02. The van der Waals surface area contributed by atoms with E-state index in [2.05, 4.69) is 11.1 Å². The van der Waals surface area contributed by atoms with Gasteiger partial charge < -0.3 is 9.80 Å². The van der Waals surface area contributed by atoms with Crippen molar-refractivity contribution in [3.05, 3.63) is 59.4 Å². The van der Waals surface area contributed by atoms with Crippen molar-refractivity contribution in [1.82, 2.24) is 9.88 Å². The summed E-state index contributed by atoms with van der Waals surface area (Å²) in [5.41, 5.74) is 3.04. The van der Waals surface area contributed by atoms with Crippen molar-refractivity contribution >= 4 is 17.5 Å². The van der Waals surface area contributed by atoms with Crippen molar-refractivity contribution in [3.8, 4) is 0 Å². The van der Waals surface area contributed by atoms with E-state index in [-0.39, 0.29) is 11.8 Å². The van der Waals surface area contributed by atoms with Crippen LogP contribution in [0.25, 0.3) is 0 Å². The number of rotatable bonds is 2. The fraction of sp³-hybridized carbons (Fsp3) is 0.409. The Labute approximate surface area is 160 Å². The molecular formula is C22H25N3O2. The van der Waals surface area contributed by atoms with Crippen LogP contribution in [-0.2, 0) is 6.42 Å². The van der Waals surface area contributed by atoms with E-state index in [1.165, 1.54) is 18.4 Å². The second-order valence-electron chi connectivity index (χ2n) is 7.33. The van der Waals surface area contributed by atoms with Crippen LogP contribution in [0.4, 0.5) is 5.69 Å². The van der Waals surface area contributed by atoms with E-state index in [4.69, 9.17) is 0 Å². The smallest absolute Gasteiger partial charge is 0.276 e. The summed E-state index contributed by atoms with van der Waals surface area (Å²) in [6.07, 6.45) is 7.96. The number of nitrogens with zero attached hydrogens (tertiary/aromatic N) is 3. The molecule has 5 heteroatoms. The molecule has 0 unspecified atom stereocenters. The highest BCUT2D eigenvalue weighted by Crippen LogP contribution is 2.28. The van der Waals surface area contributed by atoms with E-state index in [0.29, 0.717) is 17.8 Å². The van der Waals surface area contributed by atoms with E-state index in [1.807, 2.05) is 23.1 Å². The maximum absolute atomic E-state index is 13.1. The van der Waals surface area contributed by atoms with Gasteiger partial charge in [-0.3, -0.25) is 14.6 Å².